The molecule has 2 saturated carbocycles. The SMILES string of the molecule is C[C@]12CCC[C@]3(CO3)[C@H]1C[C@@H]1[C@H](CN3CCN(c4ncccn4)CC3)C(=O)O[C@@H]1C2. The molecule has 6 atom stereocenters. The molecule has 0 radical (unpaired) electrons. The molecule has 1 spiro atoms. The van der Waals surface area contributed by atoms with E-state index in [2.05, 4.69) is 26.7 Å². The van der Waals surface area contributed by atoms with E-state index >= 15 is 0 Å². The van der Waals surface area contributed by atoms with Crippen LogP contribution >= 0.6 is 0 Å². The van der Waals surface area contributed by atoms with Gasteiger partial charge in [0.05, 0.1) is 18.1 Å². The molecule has 4 heterocycles. The van der Waals surface area contributed by atoms with Gasteiger partial charge in [0.1, 0.15) is 6.10 Å². The Hall–Kier alpha value is -1.73. The van der Waals surface area contributed by atoms with E-state index in [0.29, 0.717) is 11.8 Å². The summed E-state index contributed by atoms with van der Waals surface area (Å²) >= 11 is 0. The van der Waals surface area contributed by atoms with E-state index < -0.39 is 0 Å². The molecule has 0 amide bonds. The van der Waals surface area contributed by atoms with Crippen molar-refractivity contribution >= 4 is 11.9 Å². The third-order valence-electron chi connectivity index (χ3n) is 8.74. The number of anilines is 1. The van der Waals surface area contributed by atoms with Gasteiger partial charge in [0.2, 0.25) is 5.95 Å². The predicted octanol–water partition coefficient (Wildman–Crippen LogP) is 2.13. The molecule has 3 saturated heterocycles. The number of nitrogens with zero attached hydrogens (tertiary/aromatic N) is 4. The summed E-state index contributed by atoms with van der Waals surface area (Å²) in [6.07, 6.45) is 9.51. The van der Waals surface area contributed by atoms with E-state index in [0.717, 1.165) is 58.1 Å². The Morgan fingerprint density at radius 3 is 2.67 bits per heavy atom. The molecule has 0 aromatic carbocycles. The summed E-state index contributed by atoms with van der Waals surface area (Å²) in [4.78, 5) is 26.3. The fourth-order valence-electron chi connectivity index (χ4n) is 7.03. The minimum absolute atomic E-state index is 0.0109. The van der Waals surface area contributed by atoms with Gasteiger partial charge >= 0.3 is 5.97 Å². The molecule has 7 heteroatoms. The largest absolute Gasteiger partial charge is 0.462 e. The number of ether oxygens (including phenoxy) is 2. The molecular weight excluding hydrogens is 380 g/mol. The fraction of sp³-hybridized carbons (Fsp3) is 0.783. The zero-order valence-electron chi connectivity index (χ0n) is 17.8. The van der Waals surface area contributed by atoms with Gasteiger partial charge in [-0.2, -0.15) is 0 Å². The van der Waals surface area contributed by atoms with Crippen molar-refractivity contribution in [3.8, 4) is 0 Å². The molecule has 1 aromatic heterocycles. The lowest BCUT2D eigenvalue weighted by Crippen LogP contribution is -2.52. The molecule has 6 rings (SSSR count). The van der Waals surface area contributed by atoms with Crippen molar-refractivity contribution < 1.29 is 14.3 Å². The van der Waals surface area contributed by atoms with Crippen LogP contribution in [0.3, 0.4) is 0 Å². The topological polar surface area (TPSA) is 71.1 Å². The van der Waals surface area contributed by atoms with Crippen molar-refractivity contribution in [3.05, 3.63) is 18.5 Å². The van der Waals surface area contributed by atoms with Crippen molar-refractivity contribution in [1.82, 2.24) is 14.9 Å². The van der Waals surface area contributed by atoms with Crippen LogP contribution in [0.2, 0.25) is 0 Å². The fourth-order valence-corrected chi connectivity index (χ4v) is 7.03. The molecule has 30 heavy (non-hydrogen) atoms. The minimum Gasteiger partial charge on any atom is -0.462 e. The van der Waals surface area contributed by atoms with Crippen LogP contribution in [0, 0.1) is 23.2 Å². The van der Waals surface area contributed by atoms with Gasteiger partial charge in [-0.25, -0.2) is 9.97 Å². The number of fused-ring (bicyclic) bond motifs is 3. The highest BCUT2D eigenvalue weighted by atomic mass is 16.6. The number of esters is 1. The second-order valence-electron chi connectivity index (χ2n) is 10.4. The molecule has 5 aliphatic rings. The number of hydrogen-bond acceptors (Lipinski definition) is 7. The number of carbonyl (C=O) groups excluding carboxylic acids is 1. The van der Waals surface area contributed by atoms with E-state index in [1.165, 1.54) is 19.3 Å². The van der Waals surface area contributed by atoms with Crippen LogP contribution in [0.1, 0.15) is 39.0 Å². The summed E-state index contributed by atoms with van der Waals surface area (Å²) in [5.74, 6) is 1.79. The van der Waals surface area contributed by atoms with Gasteiger partial charge < -0.3 is 14.4 Å². The summed E-state index contributed by atoms with van der Waals surface area (Å²) in [7, 11) is 0. The smallest absolute Gasteiger partial charge is 0.310 e. The molecule has 1 aromatic rings. The third kappa shape index (κ3) is 3.04. The summed E-state index contributed by atoms with van der Waals surface area (Å²) in [6, 6.07) is 1.85. The highest BCUT2D eigenvalue weighted by molar-refractivity contribution is 5.75. The van der Waals surface area contributed by atoms with Gasteiger partial charge in [0.15, 0.2) is 0 Å². The molecule has 3 aliphatic heterocycles. The Labute approximate surface area is 178 Å². The van der Waals surface area contributed by atoms with Gasteiger partial charge in [0, 0.05) is 51.0 Å². The first-order valence-corrected chi connectivity index (χ1v) is 11.7. The van der Waals surface area contributed by atoms with E-state index in [1.54, 1.807) is 12.4 Å². The summed E-state index contributed by atoms with van der Waals surface area (Å²) in [5.41, 5.74) is 0.391. The molecule has 2 aliphatic carbocycles. The van der Waals surface area contributed by atoms with Crippen LogP contribution < -0.4 is 4.90 Å². The summed E-state index contributed by atoms with van der Waals surface area (Å²) < 4.78 is 12.0. The maximum atomic E-state index is 12.9. The number of piperazine rings is 1. The van der Waals surface area contributed by atoms with Crippen LogP contribution in [0.15, 0.2) is 18.5 Å². The second kappa shape index (κ2) is 6.89. The van der Waals surface area contributed by atoms with Gasteiger partial charge in [-0.3, -0.25) is 9.69 Å². The van der Waals surface area contributed by atoms with E-state index in [9.17, 15) is 4.79 Å². The number of carbonyl (C=O) groups is 1. The standard InChI is InChI=1S/C23H32N4O3/c1-22-4-2-5-23(15-29-23)19(22)12-16-17(20(28)30-18(16)13-22)14-26-8-10-27(11-9-26)21-24-6-3-7-25-21/h3,6-7,16-19H,2,4-5,8-15H2,1H3/t16-,17+,18-,19+,22-,23+/m1/s1. The minimum atomic E-state index is 0.0109. The van der Waals surface area contributed by atoms with Crippen LogP contribution in [0.5, 0.6) is 0 Å². The lowest BCUT2D eigenvalue weighted by Gasteiger charge is -2.51. The molecule has 0 unspecified atom stereocenters. The second-order valence-corrected chi connectivity index (χ2v) is 10.4. The van der Waals surface area contributed by atoms with Gasteiger partial charge in [0.25, 0.3) is 0 Å². The first-order chi connectivity index (χ1) is 14.6. The summed E-state index contributed by atoms with van der Waals surface area (Å²) in [5, 5.41) is 0. The van der Waals surface area contributed by atoms with Gasteiger partial charge in [-0.05, 0) is 49.5 Å². The Bertz CT molecular complexity index is 808. The monoisotopic (exact) mass is 412 g/mol. The Kier molecular flexibility index (Phi) is 4.36. The first-order valence-electron chi connectivity index (χ1n) is 11.7. The molecular formula is C23H32N4O3. The van der Waals surface area contributed by atoms with Gasteiger partial charge in [-0.15, -0.1) is 0 Å². The van der Waals surface area contributed by atoms with Crippen LogP contribution in [0.25, 0.3) is 0 Å². The maximum absolute atomic E-state index is 12.9. The van der Waals surface area contributed by atoms with Crippen molar-refractivity contribution in [2.45, 2.75) is 50.7 Å². The van der Waals surface area contributed by atoms with Crippen molar-refractivity contribution in [2.24, 2.45) is 23.2 Å². The van der Waals surface area contributed by atoms with Crippen molar-refractivity contribution in [1.29, 1.82) is 0 Å². The van der Waals surface area contributed by atoms with Crippen LogP contribution in [-0.4, -0.2) is 71.9 Å². The lowest BCUT2D eigenvalue weighted by molar-refractivity contribution is -0.147. The summed E-state index contributed by atoms with van der Waals surface area (Å²) in [6.45, 7) is 7.84. The van der Waals surface area contributed by atoms with Crippen LogP contribution in [-0.2, 0) is 14.3 Å². The molecule has 0 bridgehead atoms. The normalized spacial score (nSPS) is 43.2. The number of hydrogen-bond donors (Lipinski definition) is 0. The van der Waals surface area contributed by atoms with E-state index in [1.807, 2.05) is 6.07 Å². The first kappa shape index (κ1) is 19.0. The average Bonchev–Trinajstić information content (AvgIpc) is 3.46. The Morgan fingerprint density at radius 1 is 1.17 bits per heavy atom. The third-order valence-corrected chi connectivity index (χ3v) is 8.74. The van der Waals surface area contributed by atoms with Crippen molar-refractivity contribution in [3.63, 3.8) is 0 Å². The quantitative estimate of drug-likeness (QED) is 0.556. The highest BCUT2D eigenvalue weighted by Crippen LogP contribution is 2.62. The number of aromatic nitrogens is 2. The van der Waals surface area contributed by atoms with Crippen LogP contribution in [0.4, 0.5) is 5.95 Å². The maximum Gasteiger partial charge on any atom is 0.310 e. The molecule has 7 nitrogen and oxygen atoms in total. The highest BCUT2D eigenvalue weighted by Gasteiger charge is 2.65. The number of epoxide rings is 1. The Balaban J connectivity index is 1.12. The van der Waals surface area contributed by atoms with E-state index in [-0.39, 0.29) is 29.0 Å². The van der Waals surface area contributed by atoms with Crippen molar-refractivity contribution in [2.75, 3.05) is 44.2 Å². The average molecular weight is 413 g/mol. The molecule has 5 fully saturated rings. The zero-order chi connectivity index (χ0) is 20.3. The number of rotatable bonds is 3. The van der Waals surface area contributed by atoms with E-state index in [4.69, 9.17) is 9.47 Å². The van der Waals surface area contributed by atoms with Gasteiger partial charge in [-0.1, -0.05) is 6.92 Å². The molecule has 0 N–H and O–H groups in total. The zero-order valence-corrected chi connectivity index (χ0v) is 17.8. The molecule has 162 valence electrons. The predicted molar refractivity (Wildman–Crippen MR) is 111 cm³/mol. The lowest BCUT2D eigenvalue weighted by atomic mass is 9.53. The Morgan fingerprint density at radius 2 is 1.93 bits per heavy atom.